The lowest BCUT2D eigenvalue weighted by atomic mass is 10.0. The molecule has 0 radical (unpaired) electrons. The highest BCUT2D eigenvalue weighted by Gasteiger charge is 1.99. The van der Waals surface area contributed by atoms with Gasteiger partial charge in [-0.25, -0.2) is 0 Å². The summed E-state index contributed by atoms with van der Waals surface area (Å²) in [6.07, 6.45) is 0. The molecule has 0 spiro atoms. The standard InChI is InChI=1S/C16H11Cl/c17-16-9-8-14-10-13(6-7-15(14)11-16)12-4-2-1-3-5-12/h1-11H/i1D,2D,3D,4D,5D. The van der Waals surface area contributed by atoms with Gasteiger partial charge in [0.25, 0.3) is 0 Å². The number of rotatable bonds is 1. The maximum atomic E-state index is 8.02. The predicted octanol–water partition coefficient (Wildman–Crippen LogP) is 5.16. The van der Waals surface area contributed by atoms with Gasteiger partial charge < -0.3 is 0 Å². The molecule has 0 nitrogen and oxygen atoms in total. The molecule has 0 aliphatic heterocycles. The molecule has 0 atom stereocenters. The lowest BCUT2D eigenvalue weighted by Crippen LogP contribution is -1.78. The molecule has 0 heterocycles. The first kappa shape index (κ1) is 6.23. The van der Waals surface area contributed by atoms with E-state index >= 15 is 0 Å². The van der Waals surface area contributed by atoms with E-state index in [0.29, 0.717) is 10.6 Å². The van der Waals surface area contributed by atoms with E-state index in [1.165, 1.54) is 0 Å². The molecule has 3 aromatic carbocycles. The summed E-state index contributed by atoms with van der Waals surface area (Å²) in [5.74, 6) is 0. The van der Waals surface area contributed by atoms with Gasteiger partial charge in [-0.1, -0.05) is 60.0 Å². The first-order valence-corrected chi connectivity index (χ1v) is 5.54. The normalized spacial score (nSPS) is 14.8. The molecule has 0 aromatic heterocycles. The summed E-state index contributed by atoms with van der Waals surface area (Å²) in [7, 11) is 0. The van der Waals surface area contributed by atoms with Crippen molar-refractivity contribution >= 4 is 22.4 Å². The fourth-order valence-corrected chi connectivity index (χ4v) is 1.95. The molecule has 0 aliphatic carbocycles. The topological polar surface area (TPSA) is 0 Å². The van der Waals surface area contributed by atoms with Crippen molar-refractivity contribution in [2.24, 2.45) is 0 Å². The van der Waals surface area contributed by atoms with Gasteiger partial charge in [-0.3, -0.25) is 0 Å². The van der Waals surface area contributed by atoms with E-state index in [4.69, 9.17) is 18.5 Å². The summed E-state index contributed by atoms with van der Waals surface area (Å²) in [5, 5.41) is 2.46. The third-order valence-corrected chi connectivity index (χ3v) is 2.83. The number of fused-ring (bicyclic) bond motifs is 1. The Morgan fingerprint density at radius 1 is 0.765 bits per heavy atom. The Bertz CT molecular complexity index is 876. The zero-order valence-corrected chi connectivity index (χ0v) is 9.60. The third-order valence-electron chi connectivity index (χ3n) is 2.59. The summed E-state index contributed by atoms with van der Waals surface area (Å²) < 4.78 is 39.2. The maximum absolute atomic E-state index is 8.02. The van der Waals surface area contributed by atoms with E-state index in [9.17, 15) is 0 Å². The highest BCUT2D eigenvalue weighted by Crippen LogP contribution is 2.26. The van der Waals surface area contributed by atoms with Crippen molar-refractivity contribution < 1.29 is 6.85 Å². The monoisotopic (exact) mass is 243 g/mol. The minimum atomic E-state index is -0.383. The number of hydrogen-bond acceptors (Lipinski definition) is 0. The number of halogens is 1. The largest absolute Gasteiger partial charge is 0.0843 e. The van der Waals surface area contributed by atoms with Gasteiger partial charge in [0.15, 0.2) is 0 Å². The van der Waals surface area contributed by atoms with E-state index in [1.54, 1.807) is 18.2 Å². The summed E-state index contributed by atoms with van der Waals surface area (Å²) in [4.78, 5) is 0. The SMILES string of the molecule is [2H]c1c([2H])c([2H])c(-c2ccc3cc(Cl)ccc3c2)c([2H])c1[2H]. The van der Waals surface area contributed by atoms with Crippen LogP contribution in [0.5, 0.6) is 0 Å². The van der Waals surface area contributed by atoms with Gasteiger partial charge in [0.1, 0.15) is 0 Å². The molecule has 0 saturated carbocycles. The number of hydrogen-bond donors (Lipinski definition) is 0. The van der Waals surface area contributed by atoms with E-state index in [-0.39, 0.29) is 35.8 Å². The smallest absolute Gasteiger partial charge is 0.0629 e. The van der Waals surface area contributed by atoms with Crippen molar-refractivity contribution in [2.75, 3.05) is 0 Å². The Morgan fingerprint density at radius 3 is 2.29 bits per heavy atom. The molecule has 17 heavy (non-hydrogen) atoms. The van der Waals surface area contributed by atoms with Crippen molar-refractivity contribution in [3.63, 3.8) is 0 Å². The summed E-state index contributed by atoms with van der Waals surface area (Å²) in [6, 6.07) is 9.38. The van der Waals surface area contributed by atoms with Crippen molar-refractivity contribution in [3.05, 3.63) is 71.6 Å². The van der Waals surface area contributed by atoms with Gasteiger partial charge in [0.2, 0.25) is 0 Å². The highest BCUT2D eigenvalue weighted by molar-refractivity contribution is 6.31. The Hall–Kier alpha value is -1.79. The second kappa shape index (κ2) is 4.23. The second-order valence-electron chi connectivity index (χ2n) is 3.71. The molecule has 3 aromatic rings. The molecule has 0 unspecified atom stereocenters. The van der Waals surface area contributed by atoms with E-state index in [1.807, 2.05) is 18.2 Å². The minimum Gasteiger partial charge on any atom is -0.0843 e. The molecule has 82 valence electrons. The average molecular weight is 244 g/mol. The predicted molar refractivity (Wildman–Crippen MR) is 74.4 cm³/mol. The molecular formula is C16H11Cl. The molecule has 0 fully saturated rings. The van der Waals surface area contributed by atoms with Crippen LogP contribution in [0.1, 0.15) is 6.85 Å². The van der Waals surface area contributed by atoms with Crippen molar-refractivity contribution in [3.8, 4) is 11.1 Å². The molecular weight excluding hydrogens is 228 g/mol. The van der Waals surface area contributed by atoms with E-state index in [2.05, 4.69) is 0 Å². The van der Waals surface area contributed by atoms with E-state index < -0.39 is 0 Å². The van der Waals surface area contributed by atoms with Crippen LogP contribution in [0.3, 0.4) is 0 Å². The van der Waals surface area contributed by atoms with Crippen LogP contribution in [-0.4, -0.2) is 0 Å². The van der Waals surface area contributed by atoms with Crippen LogP contribution < -0.4 is 0 Å². The first-order valence-electron chi connectivity index (χ1n) is 7.67. The van der Waals surface area contributed by atoms with Crippen LogP contribution in [-0.2, 0) is 0 Å². The van der Waals surface area contributed by atoms with Gasteiger partial charge in [-0.2, -0.15) is 0 Å². The Balaban J connectivity index is 2.30. The van der Waals surface area contributed by atoms with Crippen molar-refractivity contribution in [1.82, 2.24) is 0 Å². The zero-order chi connectivity index (χ0) is 16.0. The summed E-state index contributed by atoms with van der Waals surface area (Å²) in [5.41, 5.74) is 0.801. The van der Waals surface area contributed by atoms with Gasteiger partial charge >= 0.3 is 0 Å². The Morgan fingerprint density at radius 2 is 1.47 bits per heavy atom. The molecule has 0 amide bonds. The molecule has 3 rings (SSSR count). The highest BCUT2D eigenvalue weighted by atomic mass is 35.5. The number of benzene rings is 3. The summed E-state index contributed by atoms with van der Waals surface area (Å²) >= 11 is 5.95. The van der Waals surface area contributed by atoms with Crippen LogP contribution in [0.25, 0.3) is 21.9 Å². The van der Waals surface area contributed by atoms with Crippen LogP contribution in [0.2, 0.25) is 5.02 Å². The van der Waals surface area contributed by atoms with Crippen LogP contribution >= 0.6 is 11.6 Å². The molecule has 0 saturated heterocycles. The van der Waals surface area contributed by atoms with Gasteiger partial charge in [-0.05, 0) is 40.1 Å². The van der Waals surface area contributed by atoms with Gasteiger partial charge in [0.05, 0.1) is 6.85 Å². The minimum absolute atomic E-state index is 0.195. The van der Waals surface area contributed by atoms with Gasteiger partial charge in [-0.15, -0.1) is 0 Å². The first-order chi connectivity index (χ1) is 10.4. The molecule has 0 aliphatic rings. The maximum Gasteiger partial charge on any atom is 0.0629 e. The van der Waals surface area contributed by atoms with Crippen molar-refractivity contribution in [2.45, 2.75) is 0 Å². The lowest BCUT2D eigenvalue weighted by Gasteiger charge is -2.04. The summed E-state index contributed by atoms with van der Waals surface area (Å²) in [6.45, 7) is 0. The van der Waals surface area contributed by atoms with Crippen LogP contribution in [0.15, 0.2) is 66.6 Å². The molecule has 1 heteroatoms. The fraction of sp³-hybridized carbons (Fsp3) is 0. The van der Waals surface area contributed by atoms with E-state index in [0.717, 1.165) is 10.8 Å². The Kier molecular flexibility index (Phi) is 1.55. The van der Waals surface area contributed by atoms with Gasteiger partial charge in [0, 0.05) is 5.02 Å². The fourth-order valence-electron chi connectivity index (χ4n) is 1.77. The average Bonchev–Trinajstić information content (AvgIpc) is 2.51. The molecule has 0 N–H and O–H groups in total. The Labute approximate surface area is 112 Å². The lowest BCUT2D eigenvalue weighted by molar-refractivity contribution is 1.64. The van der Waals surface area contributed by atoms with Crippen LogP contribution in [0, 0.1) is 0 Å². The van der Waals surface area contributed by atoms with Crippen molar-refractivity contribution in [1.29, 1.82) is 0 Å². The van der Waals surface area contributed by atoms with Crippen LogP contribution in [0.4, 0.5) is 0 Å². The quantitative estimate of drug-likeness (QED) is 0.554. The molecule has 0 bridgehead atoms. The third kappa shape index (κ3) is 2.04. The zero-order valence-electron chi connectivity index (χ0n) is 13.8. The second-order valence-corrected chi connectivity index (χ2v) is 4.14.